The molecular weight excluding hydrogens is 501 g/mol. The van der Waals surface area contributed by atoms with E-state index in [0.29, 0.717) is 11.2 Å². The molecule has 4 rings (SSSR count). The van der Waals surface area contributed by atoms with Gasteiger partial charge in [-0.15, -0.1) is 0 Å². The van der Waals surface area contributed by atoms with Gasteiger partial charge in [-0.3, -0.25) is 4.57 Å². The summed E-state index contributed by atoms with van der Waals surface area (Å²) in [6.07, 6.45) is -0.377. The van der Waals surface area contributed by atoms with Crippen molar-refractivity contribution in [1.82, 2.24) is 19.7 Å². The molecule has 16 heteroatoms. The number of fused-ring (bicyclic) bond motifs is 1. The van der Waals surface area contributed by atoms with Gasteiger partial charge in [-0.2, -0.15) is 15.1 Å². The molecule has 1 aliphatic carbocycles. The third-order valence-electron chi connectivity index (χ3n) is 6.09. The number of sulfone groups is 1. The topological polar surface area (TPSA) is 197 Å². The lowest BCUT2D eigenvalue weighted by atomic mass is 10.1. The van der Waals surface area contributed by atoms with Crippen molar-refractivity contribution in [3.8, 4) is 0 Å². The lowest BCUT2D eigenvalue weighted by Crippen LogP contribution is -2.37. The number of aliphatic hydroxyl groups is 2. The van der Waals surface area contributed by atoms with Crippen LogP contribution in [-0.2, 0) is 19.1 Å². The van der Waals surface area contributed by atoms with Crippen molar-refractivity contribution in [3.05, 3.63) is 11.5 Å². The highest BCUT2D eigenvalue weighted by Crippen LogP contribution is 2.45. The number of aromatic nitrogens is 4. The number of nitrogens with one attached hydrogen (secondary N) is 1. The largest absolute Gasteiger partial charge is 0.387 e. The van der Waals surface area contributed by atoms with Crippen molar-refractivity contribution in [3.63, 3.8) is 0 Å². The quantitative estimate of drug-likeness (QED) is 0.246. The molecule has 1 unspecified atom stereocenters. The Bertz CT molecular complexity index is 1180. The van der Waals surface area contributed by atoms with Crippen LogP contribution >= 0.6 is 19.2 Å². The molecule has 33 heavy (non-hydrogen) atoms. The number of hydrogen-bond acceptors (Lipinski definition) is 10. The van der Waals surface area contributed by atoms with Gasteiger partial charge in [0.2, 0.25) is 5.28 Å². The van der Waals surface area contributed by atoms with Gasteiger partial charge in [0, 0.05) is 6.04 Å². The zero-order valence-corrected chi connectivity index (χ0v) is 20.0. The second-order valence-corrected chi connectivity index (χ2v) is 13.4. The van der Waals surface area contributed by atoms with Crippen LogP contribution in [0.3, 0.4) is 0 Å². The summed E-state index contributed by atoms with van der Waals surface area (Å²) in [5.74, 6) is -0.442. The highest BCUT2D eigenvalue weighted by Gasteiger charge is 2.48. The predicted octanol–water partition coefficient (Wildman–Crippen LogP) is 0.392. The monoisotopic (exact) mass is 525 g/mol. The third-order valence-corrected chi connectivity index (χ3v) is 10.8. The van der Waals surface area contributed by atoms with Crippen molar-refractivity contribution in [2.45, 2.75) is 68.2 Å². The fourth-order valence-electron chi connectivity index (χ4n) is 4.11. The van der Waals surface area contributed by atoms with E-state index in [1.165, 1.54) is 10.9 Å². The molecule has 2 aromatic rings. The van der Waals surface area contributed by atoms with E-state index in [4.69, 9.17) is 16.3 Å². The highest BCUT2D eigenvalue weighted by molar-refractivity contribution is 7.98. The van der Waals surface area contributed by atoms with Crippen LogP contribution in [0.4, 0.5) is 5.82 Å². The van der Waals surface area contributed by atoms with Crippen LogP contribution in [0, 0.1) is 0 Å². The Labute approximate surface area is 194 Å². The Morgan fingerprint density at radius 3 is 2.58 bits per heavy atom. The third kappa shape index (κ3) is 4.89. The lowest BCUT2D eigenvalue weighted by Gasteiger charge is -2.19. The standard InChI is InChI=1S/C17H25ClN5O8PS/c1-8(32(26,27)28)33(29,30)7-11-12(24)13(25)16(31-11)23-15-10(6-19-23)14(21-17(18)22-15)20-9-4-2-3-5-9/h6,8-9,11-13,16,24-25H,2-5,7H2,1H3,(H,20,21,22)(H2,26,27,28)/t8?,11-,12-,13-,16-/m1/s1. The smallest absolute Gasteiger partial charge is 0.343 e. The molecular formula is C17H25ClN5O8PS. The van der Waals surface area contributed by atoms with Crippen molar-refractivity contribution in [1.29, 1.82) is 0 Å². The Morgan fingerprint density at radius 2 is 1.94 bits per heavy atom. The first kappa shape index (κ1) is 24.7. The maximum absolute atomic E-state index is 12.4. The van der Waals surface area contributed by atoms with E-state index in [9.17, 15) is 33.0 Å². The van der Waals surface area contributed by atoms with Gasteiger partial charge in [0.1, 0.15) is 24.1 Å². The maximum Gasteiger partial charge on any atom is 0.343 e. The molecule has 1 saturated carbocycles. The molecule has 1 aliphatic heterocycles. The van der Waals surface area contributed by atoms with Crippen LogP contribution < -0.4 is 5.32 Å². The second kappa shape index (κ2) is 9.00. The number of ether oxygens (including phenoxy) is 1. The normalized spacial score (nSPS) is 27.9. The minimum Gasteiger partial charge on any atom is -0.387 e. The van der Waals surface area contributed by atoms with E-state index in [1.807, 2.05) is 0 Å². The van der Waals surface area contributed by atoms with Gasteiger partial charge in [-0.05, 0) is 31.4 Å². The molecule has 0 amide bonds. The van der Waals surface area contributed by atoms with Crippen molar-refractivity contribution in [2.75, 3.05) is 11.1 Å². The van der Waals surface area contributed by atoms with E-state index in [2.05, 4.69) is 20.4 Å². The molecule has 0 aromatic carbocycles. The van der Waals surface area contributed by atoms with Crippen LogP contribution in [0.25, 0.3) is 11.0 Å². The molecule has 0 radical (unpaired) electrons. The number of halogens is 1. The van der Waals surface area contributed by atoms with Gasteiger partial charge in [-0.25, -0.2) is 13.1 Å². The molecule has 184 valence electrons. The number of hydrogen-bond donors (Lipinski definition) is 5. The minimum atomic E-state index is -4.93. The molecule has 1 saturated heterocycles. The van der Waals surface area contributed by atoms with Crippen molar-refractivity contribution in [2.24, 2.45) is 0 Å². The SMILES string of the molecule is CC(P(=O)(O)O)S(=O)(=O)C[C@H]1O[C@@H](n2ncc3c(NC4CCCC4)nc(Cl)nc32)[C@H](O)[C@@H]1O. The summed E-state index contributed by atoms with van der Waals surface area (Å²) in [6, 6.07) is 0.225. The molecule has 5 atom stereocenters. The summed E-state index contributed by atoms with van der Waals surface area (Å²) >= 11 is 6.09. The fourth-order valence-corrected chi connectivity index (χ4v) is 7.21. The first-order valence-electron chi connectivity index (χ1n) is 10.3. The number of nitrogens with zero attached hydrogens (tertiary/aromatic N) is 4. The van der Waals surface area contributed by atoms with Gasteiger partial charge in [0.25, 0.3) is 0 Å². The van der Waals surface area contributed by atoms with E-state index >= 15 is 0 Å². The number of anilines is 1. The van der Waals surface area contributed by atoms with E-state index in [1.54, 1.807) is 0 Å². The molecule has 3 heterocycles. The van der Waals surface area contributed by atoms with E-state index in [-0.39, 0.29) is 17.0 Å². The summed E-state index contributed by atoms with van der Waals surface area (Å²) in [5, 5.41) is 28.9. The van der Waals surface area contributed by atoms with Gasteiger partial charge in [-0.1, -0.05) is 12.8 Å². The average molecular weight is 526 g/mol. The van der Waals surface area contributed by atoms with Gasteiger partial charge in [0.15, 0.2) is 26.7 Å². The fraction of sp³-hybridized carbons (Fsp3) is 0.706. The molecule has 5 N–H and O–H groups in total. The maximum atomic E-state index is 12.4. The summed E-state index contributed by atoms with van der Waals surface area (Å²) < 4.78 is 43.0. The van der Waals surface area contributed by atoms with Crippen LogP contribution in [0.2, 0.25) is 5.28 Å². The molecule has 0 bridgehead atoms. The van der Waals surface area contributed by atoms with E-state index < -0.39 is 52.7 Å². The summed E-state index contributed by atoms with van der Waals surface area (Å²) in [5.41, 5.74) is 0.207. The van der Waals surface area contributed by atoms with Crippen LogP contribution in [0.15, 0.2) is 6.20 Å². The van der Waals surface area contributed by atoms with Gasteiger partial charge < -0.3 is 30.1 Å². The zero-order valence-electron chi connectivity index (χ0n) is 17.5. The minimum absolute atomic E-state index is 0.0765. The first-order valence-corrected chi connectivity index (χ1v) is 14.1. The Kier molecular flexibility index (Phi) is 6.75. The summed E-state index contributed by atoms with van der Waals surface area (Å²) in [7, 11) is -9.30. The Balaban J connectivity index is 1.61. The van der Waals surface area contributed by atoms with Crippen molar-refractivity contribution < 1.29 is 37.7 Å². The van der Waals surface area contributed by atoms with Gasteiger partial charge in [0.05, 0.1) is 17.3 Å². The molecule has 2 aromatic heterocycles. The van der Waals surface area contributed by atoms with Crippen LogP contribution in [0.5, 0.6) is 0 Å². The molecule has 13 nitrogen and oxygen atoms in total. The highest BCUT2D eigenvalue weighted by atomic mass is 35.5. The number of aliphatic hydroxyl groups excluding tert-OH is 2. The van der Waals surface area contributed by atoms with Crippen LogP contribution in [-0.4, -0.2) is 83.3 Å². The molecule has 2 aliphatic rings. The molecule has 2 fully saturated rings. The lowest BCUT2D eigenvalue weighted by molar-refractivity contribution is -0.0364. The summed E-state index contributed by atoms with van der Waals surface area (Å²) in [4.78, 5) is 24.8. The Hall–Kier alpha value is -1.38. The second-order valence-electron chi connectivity index (χ2n) is 8.36. The first-order chi connectivity index (χ1) is 15.4. The average Bonchev–Trinajstić information content (AvgIpc) is 3.43. The Morgan fingerprint density at radius 1 is 1.27 bits per heavy atom. The zero-order chi connectivity index (χ0) is 24.1. The van der Waals surface area contributed by atoms with E-state index in [0.717, 1.165) is 32.6 Å². The van der Waals surface area contributed by atoms with Crippen molar-refractivity contribution >= 4 is 45.9 Å². The van der Waals surface area contributed by atoms with Gasteiger partial charge >= 0.3 is 7.60 Å². The predicted molar refractivity (Wildman–Crippen MR) is 117 cm³/mol. The number of rotatable bonds is 7. The molecule has 0 spiro atoms. The van der Waals surface area contributed by atoms with Crippen LogP contribution in [0.1, 0.15) is 38.8 Å². The summed E-state index contributed by atoms with van der Waals surface area (Å²) in [6.45, 7) is 0.879.